The molecule has 1 saturated heterocycles. The molecule has 0 bridgehead atoms. The Morgan fingerprint density at radius 1 is 1.00 bits per heavy atom. The Morgan fingerprint density at radius 2 is 1.61 bits per heavy atom. The van der Waals surface area contributed by atoms with Crippen LogP contribution in [0.4, 0.5) is 0 Å². The molecule has 1 aliphatic heterocycles. The van der Waals surface area contributed by atoms with Crippen LogP contribution in [-0.4, -0.2) is 51.8 Å². The van der Waals surface area contributed by atoms with Crippen molar-refractivity contribution in [3.63, 3.8) is 0 Å². The molecule has 2 aromatic rings. The quantitative estimate of drug-likeness (QED) is 0.799. The number of hydrogen-bond donors (Lipinski definition) is 1. The summed E-state index contributed by atoms with van der Waals surface area (Å²) in [4.78, 5) is 15.2. The van der Waals surface area contributed by atoms with E-state index in [1.54, 1.807) is 21.3 Å². The van der Waals surface area contributed by atoms with Crippen molar-refractivity contribution in [1.29, 1.82) is 0 Å². The summed E-state index contributed by atoms with van der Waals surface area (Å²) in [5.41, 5.74) is 1.78. The number of piperazine rings is 1. The highest BCUT2D eigenvalue weighted by molar-refractivity contribution is 5.85. The summed E-state index contributed by atoms with van der Waals surface area (Å²) in [7, 11) is 4.86. The maximum Gasteiger partial charge on any atom is 0.227 e. The van der Waals surface area contributed by atoms with Gasteiger partial charge in [0.25, 0.3) is 0 Å². The molecule has 1 N–H and O–H groups in total. The van der Waals surface area contributed by atoms with E-state index >= 15 is 0 Å². The van der Waals surface area contributed by atoms with Crippen LogP contribution in [0.25, 0.3) is 0 Å². The Kier molecular flexibility index (Phi) is 7.96. The van der Waals surface area contributed by atoms with Gasteiger partial charge in [0.05, 0.1) is 33.8 Å². The second-order valence-corrected chi connectivity index (χ2v) is 6.37. The number of benzene rings is 2. The zero-order valence-electron chi connectivity index (χ0n) is 16.4. The van der Waals surface area contributed by atoms with Crippen molar-refractivity contribution in [3.05, 3.63) is 53.6 Å². The summed E-state index contributed by atoms with van der Waals surface area (Å²) in [5, 5.41) is 3.38. The monoisotopic (exact) mass is 406 g/mol. The molecule has 0 aliphatic carbocycles. The third kappa shape index (κ3) is 4.51. The van der Waals surface area contributed by atoms with Crippen LogP contribution >= 0.6 is 12.4 Å². The molecule has 3 rings (SSSR count). The van der Waals surface area contributed by atoms with Crippen LogP contribution in [0.5, 0.6) is 17.2 Å². The van der Waals surface area contributed by atoms with Gasteiger partial charge in [0.2, 0.25) is 5.91 Å². The van der Waals surface area contributed by atoms with Crippen LogP contribution in [0.1, 0.15) is 17.2 Å². The summed E-state index contributed by atoms with van der Waals surface area (Å²) in [6.07, 6.45) is 0.221. The lowest BCUT2D eigenvalue weighted by Crippen LogP contribution is -2.49. The summed E-state index contributed by atoms with van der Waals surface area (Å²) < 4.78 is 16.4. The fourth-order valence-electron chi connectivity index (χ4n) is 3.58. The van der Waals surface area contributed by atoms with Crippen LogP contribution in [0.3, 0.4) is 0 Å². The Balaban J connectivity index is 0.00000280. The second kappa shape index (κ2) is 10.2. The average molecular weight is 407 g/mol. The lowest BCUT2D eigenvalue weighted by atomic mass is 10.0. The van der Waals surface area contributed by atoms with Gasteiger partial charge in [-0.25, -0.2) is 0 Å². The molecule has 7 heteroatoms. The van der Waals surface area contributed by atoms with Crippen LogP contribution in [0, 0.1) is 0 Å². The molecule has 1 unspecified atom stereocenters. The van der Waals surface area contributed by atoms with Gasteiger partial charge in [0.15, 0.2) is 0 Å². The Bertz CT molecular complexity index is 777. The molecule has 1 heterocycles. The molecule has 1 amide bonds. The Labute approximate surface area is 172 Å². The zero-order chi connectivity index (χ0) is 19.2. The minimum absolute atomic E-state index is 0. The van der Waals surface area contributed by atoms with Gasteiger partial charge < -0.3 is 24.4 Å². The standard InChI is InChI=1S/C21H26N2O4.ClH/c1-25-18-8-5-4-7-15(18)17-14-22-11-12-23(17)21(24)13-16-19(26-2)9-6-10-20(16)27-3;/h4-10,17,22H,11-14H2,1-3H3;1H. The minimum atomic E-state index is -0.0805. The smallest absolute Gasteiger partial charge is 0.227 e. The first-order chi connectivity index (χ1) is 13.2. The number of methoxy groups -OCH3 is 3. The van der Waals surface area contributed by atoms with E-state index in [9.17, 15) is 4.79 Å². The molecular weight excluding hydrogens is 380 g/mol. The number of carbonyl (C=O) groups excluding carboxylic acids is 1. The fraction of sp³-hybridized carbons (Fsp3) is 0.381. The van der Waals surface area contributed by atoms with E-state index in [0.717, 1.165) is 23.4 Å². The van der Waals surface area contributed by atoms with Crippen molar-refractivity contribution in [2.45, 2.75) is 12.5 Å². The molecular formula is C21H27ClN2O4. The number of amides is 1. The SMILES string of the molecule is COc1ccccc1C1CNCCN1C(=O)Cc1c(OC)cccc1OC.Cl. The lowest BCUT2D eigenvalue weighted by molar-refractivity contribution is -0.133. The molecule has 28 heavy (non-hydrogen) atoms. The molecule has 1 fully saturated rings. The Hall–Kier alpha value is -2.44. The van der Waals surface area contributed by atoms with Gasteiger partial charge in [-0.15, -0.1) is 12.4 Å². The van der Waals surface area contributed by atoms with E-state index in [2.05, 4.69) is 5.32 Å². The third-order valence-corrected chi connectivity index (χ3v) is 4.92. The van der Waals surface area contributed by atoms with E-state index in [4.69, 9.17) is 14.2 Å². The number of halogens is 1. The Morgan fingerprint density at radius 3 is 2.25 bits per heavy atom. The molecule has 1 atom stereocenters. The highest BCUT2D eigenvalue weighted by Gasteiger charge is 2.30. The number of para-hydroxylation sites is 1. The molecule has 0 radical (unpaired) electrons. The fourth-order valence-corrected chi connectivity index (χ4v) is 3.58. The highest BCUT2D eigenvalue weighted by atomic mass is 35.5. The van der Waals surface area contributed by atoms with E-state index in [-0.39, 0.29) is 30.8 Å². The van der Waals surface area contributed by atoms with Crippen LogP contribution in [-0.2, 0) is 11.2 Å². The first kappa shape index (κ1) is 21.9. The zero-order valence-corrected chi connectivity index (χ0v) is 17.3. The number of carbonyl (C=O) groups is 1. The largest absolute Gasteiger partial charge is 0.496 e. The van der Waals surface area contributed by atoms with Crippen molar-refractivity contribution >= 4 is 18.3 Å². The molecule has 0 saturated carbocycles. The van der Waals surface area contributed by atoms with Crippen LogP contribution in [0.2, 0.25) is 0 Å². The third-order valence-electron chi connectivity index (χ3n) is 4.92. The molecule has 6 nitrogen and oxygen atoms in total. The van der Waals surface area contributed by atoms with E-state index in [1.807, 2.05) is 47.4 Å². The van der Waals surface area contributed by atoms with Crippen molar-refractivity contribution in [2.24, 2.45) is 0 Å². The van der Waals surface area contributed by atoms with Gasteiger partial charge in [-0.3, -0.25) is 4.79 Å². The predicted octanol–water partition coefficient (Wildman–Crippen LogP) is 2.85. The van der Waals surface area contributed by atoms with Crippen molar-refractivity contribution in [3.8, 4) is 17.2 Å². The summed E-state index contributed by atoms with van der Waals surface area (Å²) in [6.45, 7) is 2.09. The number of nitrogens with one attached hydrogen (secondary N) is 1. The number of rotatable bonds is 6. The number of nitrogens with zero attached hydrogens (tertiary/aromatic N) is 1. The molecule has 152 valence electrons. The normalized spacial score (nSPS) is 16.1. The summed E-state index contributed by atoms with van der Waals surface area (Å²) in [5.74, 6) is 2.15. The first-order valence-corrected chi connectivity index (χ1v) is 9.02. The van der Waals surface area contributed by atoms with Crippen molar-refractivity contribution in [1.82, 2.24) is 10.2 Å². The topological polar surface area (TPSA) is 60.0 Å². The highest BCUT2D eigenvalue weighted by Crippen LogP contribution is 2.33. The first-order valence-electron chi connectivity index (χ1n) is 9.02. The predicted molar refractivity (Wildman–Crippen MR) is 111 cm³/mol. The maximum absolute atomic E-state index is 13.2. The van der Waals surface area contributed by atoms with E-state index < -0.39 is 0 Å². The van der Waals surface area contributed by atoms with Crippen LogP contribution < -0.4 is 19.5 Å². The molecule has 0 spiro atoms. The van der Waals surface area contributed by atoms with Gasteiger partial charge in [-0.05, 0) is 18.2 Å². The van der Waals surface area contributed by atoms with Gasteiger partial charge >= 0.3 is 0 Å². The number of hydrogen-bond acceptors (Lipinski definition) is 5. The number of ether oxygens (including phenoxy) is 3. The van der Waals surface area contributed by atoms with Gasteiger partial charge in [0.1, 0.15) is 17.2 Å². The van der Waals surface area contributed by atoms with Crippen molar-refractivity contribution < 1.29 is 19.0 Å². The van der Waals surface area contributed by atoms with Gasteiger partial charge in [0, 0.05) is 30.8 Å². The van der Waals surface area contributed by atoms with E-state index in [0.29, 0.717) is 24.6 Å². The molecule has 1 aliphatic rings. The summed E-state index contributed by atoms with van der Waals surface area (Å²) in [6, 6.07) is 13.3. The average Bonchev–Trinajstić information content (AvgIpc) is 2.73. The molecule has 2 aromatic carbocycles. The lowest BCUT2D eigenvalue weighted by Gasteiger charge is -2.37. The molecule has 0 aromatic heterocycles. The van der Waals surface area contributed by atoms with Crippen LogP contribution in [0.15, 0.2) is 42.5 Å². The van der Waals surface area contributed by atoms with Crippen molar-refractivity contribution in [2.75, 3.05) is 41.0 Å². The van der Waals surface area contributed by atoms with Gasteiger partial charge in [-0.2, -0.15) is 0 Å². The summed E-state index contributed by atoms with van der Waals surface area (Å²) >= 11 is 0. The minimum Gasteiger partial charge on any atom is -0.496 e. The van der Waals surface area contributed by atoms with E-state index in [1.165, 1.54) is 0 Å². The van der Waals surface area contributed by atoms with Gasteiger partial charge in [-0.1, -0.05) is 24.3 Å². The maximum atomic E-state index is 13.2. The second-order valence-electron chi connectivity index (χ2n) is 6.37.